The summed E-state index contributed by atoms with van der Waals surface area (Å²) in [6.45, 7) is -1.70. The predicted octanol–water partition coefficient (Wildman–Crippen LogP) is 2.89. The van der Waals surface area contributed by atoms with E-state index in [1.54, 1.807) is 30.3 Å². The van der Waals surface area contributed by atoms with E-state index in [1.807, 2.05) is 4.90 Å². The van der Waals surface area contributed by atoms with Crippen molar-refractivity contribution in [3.05, 3.63) is 48.4 Å². The molecule has 0 radical (unpaired) electrons. The molecule has 0 aliphatic carbocycles. The number of nitrogens with one attached hydrogen (secondary N) is 1. The lowest BCUT2D eigenvalue weighted by Crippen LogP contribution is -2.37. The fourth-order valence-electron chi connectivity index (χ4n) is 2.68. The molecule has 1 atom stereocenters. The highest BCUT2D eigenvalue weighted by atomic mass is 19.3. The van der Waals surface area contributed by atoms with Gasteiger partial charge in [-0.2, -0.15) is 8.78 Å². The number of hydrogen-bond acceptors (Lipinski definition) is 4. The van der Waals surface area contributed by atoms with Gasteiger partial charge in [-0.1, -0.05) is 12.1 Å². The van der Waals surface area contributed by atoms with Crippen LogP contribution in [0.15, 0.2) is 47.1 Å². The van der Waals surface area contributed by atoms with E-state index in [2.05, 4.69) is 10.1 Å². The van der Waals surface area contributed by atoms with Crippen molar-refractivity contribution in [2.24, 2.45) is 0 Å². The van der Waals surface area contributed by atoms with Gasteiger partial charge in [0.1, 0.15) is 5.75 Å². The number of furan rings is 1. The molecule has 23 heavy (non-hydrogen) atoms. The second kappa shape index (κ2) is 6.68. The zero-order valence-electron chi connectivity index (χ0n) is 12.2. The monoisotopic (exact) mass is 322 g/mol. The van der Waals surface area contributed by atoms with Crippen molar-refractivity contribution >= 4 is 11.6 Å². The van der Waals surface area contributed by atoms with Crippen LogP contribution in [0, 0.1) is 0 Å². The quantitative estimate of drug-likeness (QED) is 0.920. The molecule has 5 nitrogen and oxygen atoms in total. The fraction of sp³-hybridized carbons (Fsp3) is 0.312. The standard InChI is InChI=1S/C16H16F2N2O3/c17-16(18)23-13-5-2-1-4-12(13)20-8-7-11(10-20)19-15(21)14-6-3-9-22-14/h1-6,9,11,16H,7-8,10H2,(H,19,21)/t11-/m1/s1. The highest BCUT2D eigenvalue weighted by Crippen LogP contribution is 2.31. The number of hydrogen-bond donors (Lipinski definition) is 1. The molecular formula is C16H16F2N2O3. The third-order valence-electron chi connectivity index (χ3n) is 3.69. The molecule has 1 N–H and O–H groups in total. The van der Waals surface area contributed by atoms with Gasteiger partial charge in [0, 0.05) is 19.1 Å². The zero-order chi connectivity index (χ0) is 16.2. The van der Waals surface area contributed by atoms with E-state index in [-0.39, 0.29) is 23.5 Å². The Morgan fingerprint density at radius 1 is 1.30 bits per heavy atom. The van der Waals surface area contributed by atoms with Gasteiger partial charge >= 0.3 is 6.61 Å². The minimum atomic E-state index is -2.87. The zero-order valence-corrected chi connectivity index (χ0v) is 12.2. The maximum atomic E-state index is 12.5. The van der Waals surface area contributed by atoms with Crippen molar-refractivity contribution in [1.29, 1.82) is 0 Å². The fourth-order valence-corrected chi connectivity index (χ4v) is 2.68. The predicted molar refractivity (Wildman–Crippen MR) is 79.9 cm³/mol. The molecule has 1 aliphatic rings. The Balaban J connectivity index is 1.65. The van der Waals surface area contributed by atoms with Crippen LogP contribution in [0.4, 0.5) is 14.5 Å². The Labute approximate surface area is 131 Å². The second-order valence-electron chi connectivity index (χ2n) is 5.23. The number of carbonyl (C=O) groups is 1. The van der Waals surface area contributed by atoms with Crippen LogP contribution < -0.4 is 15.0 Å². The van der Waals surface area contributed by atoms with Gasteiger partial charge in [-0.25, -0.2) is 0 Å². The maximum Gasteiger partial charge on any atom is 0.387 e. The summed E-state index contributed by atoms with van der Waals surface area (Å²) in [6.07, 6.45) is 2.16. The Bertz CT molecular complexity index is 661. The molecule has 3 rings (SSSR count). The number of nitrogens with zero attached hydrogens (tertiary/aromatic N) is 1. The van der Waals surface area contributed by atoms with Crippen LogP contribution in [0.2, 0.25) is 0 Å². The van der Waals surface area contributed by atoms with Gasteiger partial charge in [0.25, 0.3) is 5.91 Å². The summed E-state index contributed by atoms with van der Waals surface area (Å²) in [5.41, 5.74) is 0.600. The van der Waals surface area contributed by atoms with Gasteiger partial charge < -0.3 is 19.4 Å². The van der Waals surface area contributed by atoms with Gasteiger partial charge in [0.15, 0.2) is 5.76 Å². The summed E-state index contributed by atoms with van der Waals surface area (Å²) in [7, 11) is 0. The first-order valence-electron chi connectivity index (χ1n) is 7.26. The van der Waals surface area contributed by atoms with Crippen molar-refractivity contribution in [2.75, 3.05) is 18.0 Å². The van der Waals surface area contributed by atoms with E-state index in [1.165, 1.54) is 12.3 Å². The summed E-state index contributed by atoms with van der Waals surface area (Å²) in [5.74, 6) is 0.115. The van der Waals surface area contributed by atoms with Crippen LogP contribution in [-0.4, -0.2) is 31.7 Å². The van der Waals surface area contributed by atoms with Crippen molar-refractivity contribution in [3.8, 4) is 5.75 Å². The molecule has 1 saturated heterocycles. The highest BCUT2D eigenvalue weighted by Gasteiger charge is 2.27. The summed E-state index contributed by atoms with van der Waals surface area (Å²) < 4.78 is 34.6. The molecule has 2 heterocycles. The summed E-state index contributed by atoms with van der Waals surface area (Å²) >= 11 is 0. The second-order valence-corrected chi connectivity index (χ2v) is 5.23. The molecule has 0 bridgehead atoms. The van der Waals surface area contributed by atoms with Crippen LogP contribution in [0.5, 0.6) is 5.75 Å². The molecule has 0 spiro atoms. The first kappa shape index (κ1) is 15.3. The van der Waals surface area contributed by atoms with Crippen molar-refractivity contribution in [3.63, 3.8) is 0 Å². The minimum absolute atomic E-state index is 0.0767. The normalized spacial score (nSPS) is 17.5. The Morgan fingerprint density at radius 2 is 2.13 bits per heavy atom. The topological polar surface area (TPSA) is 54.7 Å². The maximum absolute atomic E-state index is 12.5. The molecule has 1 aromatic heterocycles. The minimum Gasteiger partial charge on any atom is -0.459 e. The first-order valence-corrected chi connectivity index (χ1v) is 7.26. The number of halogens is 2. The summed E-state index contributed by atoms with van der Waals surface area (Å²) in [6, 6.07) is 9.81. The van der Waals surface area contributed by atoms with E-state index >= 15 is 0 Å². The molecule has 0 saturated carbocycles. The van der Waals surface area contributed by atoms with E-state index in [0.29, 0.717) is 18.8 Å². The molecule has 1 aliphatic heterocycles. The molecule has 0 unspecified atom stereocenters. The summed E-state index contributed by atoms with van der Waals surface area (Å²) in [4.78, 5) is 13.9. The van der Waals surface area contributed by atoms with E-state index in [0.717, 1.165) is 6.42 Å². The van der Waals surface area contributed by atoms with Crippen LogP contribution in [0.25, 0.3) is 0 Å². The molecular weight excluding hydrogens is 306 g/mol. The molecule has 1 aromatic carbocycles. The molecule has 7 heteroatoms. The first-order chi connectivity index (χ1) is 11.1. The average molecular weight is 322 g/mol. The van der Waals surface area contributed by atoms with E-state index < -0.39 is 6.61 Å². The number of alkyl halides is 2. The van der Waals surface area contributed by atoms with Crippen LogP contribution >= 0.6 is 0 Å². The number of benzene rings is 1. The van der Waals surface area contributed by atoms with Crippen molar-refractivity contribution in [2.45, 2.75) is 19.1 Å². The third-order valence-corrected chi connectivity index (χ3v) is 3.69. The third kappa shape index (κ3) is 3.61. The largest absolute Gasteiger partial charge is 0.459 e. The number of rotatable bonds is 5. The average Bonchev–Trinajstić information content (AvgIpc) is 3.18. The van der Waals surface area contributed by atoms with Crippen molar-refractivity contribution in [1.82, 2.24) is 5.32 Å². The molecule has 1 amide bonds. The Hall–Kier alpha value is -2.57. The van der Waals surface area contributed by atoms with E-state index in [4.69, 9.17) is 4.42 Å². The lowest BCUT2D eigenvalue weighted by atomic mass is 10.2. The number of anilines is 1. The molecule has 122 valence electrons. The van der Waals surface area contributed by atoms with Crippen LogP contribution in [0.1, 0.15) is 17.0 Å². The number of ether oxygens (including phenoxy) is 1. The molecule has 1 fully saturated rings. The summed E-state index contributed by atoms with van der Waals surface area (Å²) in [5, 5.41) is 2.88. The molecule has 2 aromatic rings. The van der Waals surface area contributed by atoms with Gasteiger partial charge in [-0.15, -0.1) is 0 Å². The number of amides is 1. The van der Waals surface area contributed by atoms with Crippen LogP contribution in [-0.2, 0) is 0 Å². The smallest absolute Gasteiger partial charge is 0.387 e. The number of para-hydroxylation sites is 2. The van der Waals surface area contributed by atoms with Gasteiger partial charge in [-0.3, -0.25) is 4.79 Å². The van der Waals surface area contributed by atoms with E-state index in [9.17, 15) is 13.6 Å². The lowest BCUT2D eigenvalue weighted by molar-refractivity contribution is -0.0495. The van der Waals surface area contributed by atoms with Gasteiger partial charge in [-0.05, 0) is 30.7 Å². The van der Waals surface area contributed by atoms with Gasteiger partial charge in [0.05, 0.1) is 12.0 Å². The number of carbonyl (C=O) groups excluding carboxylic acids is 1. The lowest BCUT2D eigenvalue weighted by Gasteiger charge is -2.21. The highest BCUT2D eigenvalue weighted by molar-refractivity contribution is 5.91. The van der Waals surface area contributed by atoms with Crippen LogP contribution in [0.3, 0.4) is 0 Å². The Kier molecular flexibility index (Phi) is 4.45. The SMILES string of the molecule is O=C(N[C@@H]1CCN(c2ccccc2OC(F)F)C1)c1ccco1. The van der Waals surface area contributed by atoms with Crippen molar-refractivity contribution < 1.29 is 22.7 Å². The van der Waals surface area contributed by atoms with Gasteiger partial charge in [0.2, 0.25) is 0 Å². The Morgan fingerprint density at radius 3 is 2.87 bits per heavy atom.